The third-order valence-corrected chi connectivity index (χ3v) is 0. The van der Waals surface area contributed by atoms with Gasteiger partial charge in [0.25, 0.3) is 0 Å². The van der Waals surface area contributed by atoms with Crippen molar-refractivity contribution in [2.24, 2.45) is 0 Å². The molecule has 0 aliphatic carbocycles. The van der Waals surface area contributed by atoms with E-state index in [4.69, 9.17) is 30.6 Å². The van der Waals surface area contributed by atoms with Crippen LogP contribution in [0.4, 0.5) is 0 Å². The standard InChI is InChI=1S/Li.2NO3.Na/c;2*2-1(3)4;/q+1;2*-1;+1. The maximum atomic E-state index is 8.25. The van der Waals surface area contributed by atoms with E-state index in [0.29, 0.717) is 0 Å². The molecule has 0 N–H and O–H groups in total. The molecule has 0 fully saturated rings. The summed E-state index contributed by atoms with van der Waals surface area (Å²) in [4.78, 5) is 16.5. The van der Waals surface area contributed by atoms with Gasteiger partial charge in [-0.15, -0.1) is 0 Å². The SMILES string of the molecule is O=[N+]([O-])[O-].O=[N+]([O-])[O-].[Li+].[Na+]. The molecule has 10 heteroatoms. The molecule has 0 heterocycles. The van der Waals surface area contributed by atoms with Crippen molar-refractivity contribution in [2.75, 3.05) is 0 Å². The molecule has 0 saturated heterocycles. The summed E-state index contributed by atoms with van der Waals surface area (Å²) >= 11 is 0. The van der Waals surface area contributed by atoms with Crippen LogP contribution in [0.15, 0.2) is 0 Å². The van der Waals surface area contributed by atoms with Gasteiger partial charge in [-0.05, 0) is 0 Å². The van der Waals surface area contributed by atoms with Crippen LogP contribution in [-0.4, -0.2) is 10.2 Å². The molecule has 0 aromatic rings. The normalized spacial score (nSPS) is 4.80. The van der Waals surface area contributed by atoms with Gasteiger partial charge in [0.15, 0.2) is 0 Å². The number of nitrogens with zero attached hydrogens (tertiary/aromatic N) is 2. The minimum absolute atomic E-state index is 0. The van der Waals surface area contributed by atoms with E-state index in [2.05, 4.69) is 0 Å². The monoisotopic (exact) mass is 154 g/mol. The van der Waals surface area contributed by atoms with Crippen LogP contribution in [-0.2, 0) is 0 Å². The van der Waals surface area contributed by atoms with Gasteiger partial charge in [-0.3, -0.25) is 0 Å². The molecule has 8 nitrogen and oxygen atoms in total. The van der Waals surface area contributed by atoms with E-state index in [9.17, 15) is 0 Å². The van der Waals surface area contributed by atoms with Crippen LogP contribution in [0, 0.1) is 30.6 Å². The van der Waals surface area contributed by atoms with Gasteiger partial charge in [0.1, 0.15) is 0 Å². The molecule has 0 rings (SSSR count). The van der Waals surface area contributed by atoms with Gasteiger partial charge < -0.3 is 30.6 Å². The Morgan fingerprint density at radius 2 is 0.800 bits per heavy atom. The number of hydrogen-bond donors (Lipinski definition) is 0. The minimum atomic E-state index is -1.75. The Morgan fingerprint density at radius 1 is 0.800 bits per heavy atom. The Labute approximate surface area is 88.9 Å². The summed E-state index contributed by atoms with van der Waals surface area (Å²) in [7, 11) is 0. The first kappa shape index (κ1) is 22.5. The van der Waals surface area contributed by atoms with Gasteiger partial charge in [-0.25, -0.2) is 0 Å². The van der Waals surface area contributed by atoms with E-state index in [1.54, 1.807) is 0 Å². The van der Waals surface area contributed by atoms with Crippen LogP contribution in [0.2, 0.25) is 0 Å². The zero-order valence-corrected chi connectivity index (χ0v) is 7.34. The summed E-state index contributed by atoms with van der Waals surface area (Å²) < 4.78 is 0. The fourth-order valence-corrected chi connectivity index (χ4v) is 0. The maximum absolute atomic E-state index is 8.25. The van der Waals surface area contributed by atoms with Crippen LogP contribution in [0.1, 0.15) is 0 Å². The molecule has 0 spiro atoms. The first-order valence-electron chi connectivity index (χ1n) is 1.10. The average Bonchev–Trinajstić information content (AvgIpc) is 1.25. The number of rotatable bonds is 0. The largest absolute Gasteiger partial charge is 1.00 e. The Balaban J connectivity index is -0.0000000300. The predicted molar refractivity (Wildman–Crippen MR) is 20.7 cm³/mol. The zero-order valence-electron chi connectivity index (χ0n) is 5.34. The molecule has 0 aromatic carbocycles. The second-order valence-corrected chi connectivity index (χ2v) is 0.447. The van der Waals surface area contributed by atoms with Crippen molar-refractivity contribution in [3.63, 3.8) is 0 Å². The van der Waals surface area contributed by atoms with Crippen molar-refractivity contribution in [1.82, 2.24) is 0 Å². The molecule has 0 atom stereocenters. The van der Waals surface area contributed by atoms with Gasteiger partial charge in [0.2, 0.25) is 0 Å². The maximum Gasteiger partial charge on any atom is 1.00 e. The van der Waals surface area contributed by atoms with E-state index < -0.39 is 10.2 Å². The summed E-state index contributed by atoms with van der Waals surface area (Å²) in [6, 6.07) is 0. The van der Waals surface area contributed by atoms with Crippen LogP contribution < -0.4 is 48.4 Å². The van der Waals surface area contributed by atoms with Crippen molar-refractivity contribution in [3.05, 3.63) is 30.6 Å². The molecule has 48 valence electrons. The molecule has 0 aromatic heterocycles. The molecule has 0 saturated carbocycles. The van der Waals surface area contributed by atoms with Gasteiger partial charge in [0.05, 0.1) is 10.2 Å². The Kier molecular flexibility index (Phi) is 36.0. The predicted octanol–water partition coefficient (Wildman–Crippen LogP) is -6.47. The first-order valence-corrected chi connectivity index (χ1v) is 1.10. The summed E-state index contributed by atoms with van der Waals surface area (Å²) in [6.07, 6.45) is 0. The molecule has 0 bridgehead atoms. The van der Waals surface area contributed by atoms with Gasteiger partial charge in [-0.1, -0.05) is 0 Å². The second kappa shape index (κ2) is 16.0. The minimum Gasteiger partial charge on any atom is -0.356 e. The van der Waals surface area contributed by atoms with Gasteiger partial charge in [-0.2, -0.15) is 0 Å². The molecule has 0 unspecified atom stereocenters. The molecule has 0 aliphatic rings. The molecule has 0 aliphatic heterocycles. The average molecular weight is 154 g/mol. The van der Waals surface area contributed by atoms with Gasteiger partial charge >= 0.3 is 48.4 Å². The fraction of sp³-hybridized carbons (Fsp3) is 0. The van der Waals surface area contributed by atoms with Crippen molar-refractivity contribution in [1.29, 1.82) is 0 Å². The molecule has 0 radical (unpaired) electrons. The van der Waals surface area contributed by atoms with Crippen molar-refractivity contribution >= 4 is 0 Å². The van der Waals surface area contributed by atoms with Crippen molar-refractivity contribution in [3.8, 4) is 0 Å². The summed E-state index contributed by atoms with van der Waals surface area (Å²) in [5.41, 5.74) is 0. The molecule has 10 heavy (non-hydrogen) atoms. The first-order chi connectivity index (χ1) is 3.46. The zero-order chi connectivity index (χ0) is 7.15. The Hall–Kier alpha value is -0.00260. The van der Waals surface area contributed by atoms with Gasteiger partial charge in [0, 0.05) is 0 Å². The van der Waals surface area contributed by atoms with Crippen LogP contribution in [0.5, 0.6) is 0 Å². The van der Waals surface area contributed by atoms with Crippen LogP contribution in [0.25, 0.3) is 0 Å². The van der Waals surface area contributed by atoms with E-state index in [-0.39, 0.29) is 48.4 Å². The van der Waals surface area contributed by atoms with Crippen molar-refractivity contribution < 1.29 is 58.6 Å². The van der Waals surface area contributed by atoms with Crippen LogP contribution in [0.3, 0.4) is 0 Å². The topological polar surface area (TPSA) is 132 Å². The molecular weight excluding hydrogens is 154 g/mol. The smallest absolute Gasteiger partial charge is 0.356 e. The fourth-order valence-electron chi connectivity index (χ4n) is 0. The molecular formula is LiN2NaO6. The van der Waals surface area contributed by atoms with E-state index in [1.807, 2.05) is 0 Å². The third-order valence-electron chi connectivity index (χ3n) is 0. The Morgan fingerprint density at radius 3 is 0.800 bits per heavy atom. The summed E-state index contributed by atoms with van der Waals surface area (Å²) in [6.45, 7) is 0. The van der Waals surface area contributed by atoms with E-state index in [0.717, 1.165) is 0 Å². The second-order valence-electron chi connectivity index (χ2n) is 0.447. The third kappa shape index (κ3) is 58000000. The van der Waals surface area contributed by atoms with Crippen molar-refractivity contribution in [2.45, 2.75) is 0 Å². The molecule has 0 amide bonds. The van der Waals surface area contributed by atoms with E-state index >= 15 is 0 Å². The van der Waals surface area contributed by atoms with E-state index in [1.165, 1.54) is 0 Å². The summed E-state index contributed by atoms with van der Waals surface area (Å²) in [5.74, 6) is 0. The van der Waals surface area contributed by atoms with Crippen LogP contribution >= 0.6 is 0 Å². The number of hydrogen-bond acceptors (Lipinski definition) is 6. The quantitative estimate of drug-likeness (QED) is 0.193. The Bertz CT molecular complexity index is 73.7. The summed E-state index contributed by atoms with van der Waals surface area (Å²) in [5, 5.41) is 29.5.